The van der Waals surface area contributed by atoms with Gasteiger partial charge in [0.05, 0.1) is 0 Å². The smallest absolute Gasteiger partial charge is 0.349 e. The van der Waals surface area contributed by atoms with Crippen LogP contribution in [0.2, 0.25) is 0 Å². The highest BCUT2D eigenvalue weighted by Gasteiger charge is 2.14. The van der Waals surface area contributed by atoms with Crippen LogP contribution in [-0.2, 0) is 6.54 Å². The van der Waals surface area contributed by atoms with Gasteiger partial charge in [-0.2, -0.15) is 0 Å². The first-order valence-corrected chi connectivity index (χ1v) is 7.46. The van der Waals surface area contributed by atoms with E-state index in [1.165, 1.54) is 6.07 Å². The molecule has 0 aliphatic carbocycles. The molecule has 0 radical (unpaired) electrons. The highest BCUT2D eigenvalue weighted by Crippen LogP contribution is 2.12. The maximum atomic E-state index is 12.3. The molecule has 0 aliphatic heterocycles. The molecule has 0 spiro atoms. The van der Waals surface area contributed by atoms with Crippen molar-refractivity contribution in [1.82, 2.24) is 10.3 Å². The summed E-state index contributed by atoms with van der Waals surface area (Å²) in [7, 11) is 0. The van der Waals surface area contributed by atoms with E-state index >= 15 is 0 Å². The van der Waals surface area contributed by atoms with Crippen molar-refractivity contribution in [2.24, 2.45) is 0 Å². The predicted molar refractivity (Wildman–Crippen MR) is 90.2 cm³/mol. The van der Waals surface area contributed by atoms with Crippen LogP contribution in [0.25, 0.3) is 11.0 Å². The molecule has 0 saturated carbocycles. The quantitative estimate of drug-likeness (QED) is 0.721. The van der Waals surface area contributed by atoms with E-state index in [0.717, 1.165) is 11.3 Å². The summed E-state index contributed by atoms with van der Waals surface area (Å²) in [6.07, 6.45) is 0. The molecule has 24 heavy (non-hydrogen) atoms. The fourth-order valence-corrected chi connectivity index (χ4v) is 2.59. The number of aromatic amines is 1. The van der Waals surface area contributed by atoms with Crippen LogP contribution in [0.15, 0.2) is 50.4 Å². The molecule has 1 amide bonds. The van der Waals surface area contributed by atoms with E-state index in [9.17, 15) is 14.4 Å². The van der Waals surface area contributed by atoms with Crippen LogP contribution in [0, 0.1) is 13.8 Å². The number of nitrogens with one attached hydrogen (secondary N) is 2. The largest absolute Gasteiger partial charge is 0.422 e. The van der Waals surface area contributed by atoms with E-state index in [1.54, 1.807) is 38.1 Å². The predicted octanol–water partition coefficient (Wildman–Crippen LogP) is 2.03. The van der Waals surface area contributed by atoms with Crippen LogP contribution in [0.4, 0.5) is 0 Å². The fourth-order valence-electron chi connectivity index (χ4n) is 2.59. The van der Waals surface area contributed by atoms with Crippen LogP contribution in [0.5, 0.6) is 0 Å². The minimum atomic E-state index is -0.708. The van der Waals surface area contributed by atoms with E-state index in [-0.39, 0.29) is 17.7 Å². The Bertz CT molecular complexity index is 1050. The number of aryl methyl sites for hydroxylation is 2. The molecule has 6 heteroatoms. The monoisotopic (exact) mass is 324 g/mol. The summed E-state index contributed by atoms with van der Waals surface area (Å²) >= 11 is 0. The number of para-hydroxylation sites is 1. The van der Waals surface area contributed by atoms with Crippen LogP contribution in [0.3, 0.4) is 0 Å². The lowest BCUT2D eigenvalue weighted by atomic mass is 10.1. The second kappa shape index (κ2) is 6.16. The second-order valence-corrected chi connectivity index (χ2v) is 5.61. The van der Waals surface area contributed by atoms with Gasteiger partial charge in [0, 0.05) is 23.2 Å². The zero-order chi connectivity index (χ0) is 17.3. The number of carbonyl (C=O) groups is 1. The normalized spacial score (nSPS) is 10.8. The third-order valence-corrected chi connectivity index (χ3v) is 3.81. The molecule has 1 aromatic carbocycles. The Hall–Kier alpha value is -3.15. The van der Waals surface area contributed by atoms with Gasteiger partial charge in [-0.25, -0.2) is 4.79 Å². The number of rotatable bonds is 3. The second-order valence-electron chi connectivity index (χ2n) is 5.61. The van der Waals surface area contributed by atoms with Crippen LogP contribution >= 0.6 is 0 Å². The molecule has 0 saturated heterocycles. The van der Waals surface area contributed by atoms with E-state index < -0.39 is 11.5 Å². The SMILES string of the molecule is Cc1cc(C)c(CNC(=O)c2cc3ccccc3oc2=O)c(=O)[nH]1. The third kappa shape index (κ3) is 2.99. The Morgan fingerprint density at radius 2 is 1.92 bits per heavy atom. The Morgan fingerprint density at radius 3 is 2.67 bits per heavy atom. The number of carbonyl (C=O) groups excluding carboxylic acids is 1. The van der Waals surface area contributed by atoms with E-state index in [1.807, 2.05) is 6.07 Å². The van der Waals surface area contributed by atoms with Crippen molar-refractivity contribution in [2.45, 2.75) is 20.4 Å². The van der Waals surface area contributed by atoms with Gasteiger partial charge < -0.3 is 14.7 Å². The van der Waals surface area contributed by atoms with Crippen molar-refractivity contribution >= 4 is 16.9 Å². The maximum Gasteiger partial charge on any atom is 0.349 e. The van der Waals surface area contributed by atoms with Crippen molar-refractivity contribution in [3.8, 4) is 0 Å². The van der Waals surface area contributed by atoms with Crippen molar-refractivity contribution in [2.75, 3.05) is 0 Å². The molecule has 0 unspecified atom stereocenters. The van der Waals surface area contributed by atoms with Gasteiger partial charge in [0.1, 0.15) is 11.1 Å². The molecule has 122 valence electrons. The van der Waals surface area contributed by atoms with Crippen molar-refractivity contribution < 1.29 is 9.21 Å². The Morgan fingerprint density at radius 1 is 1.17 bits per heavy atom. The molecular weight excluding hydrogens is 308 g/mol. The number of amides is 1. The molecule has 2 N–H and O–H groups in total. The highest BCUT2D eigenvalue weighted by molar-refractivity contribution is 5.96. The zero-order valence-corrected chi connectivity index (χ0v) is 13.3. The van der Waals surface area contributed by atoms with Gasteiger partial charge in [-0.1, -0.05) is 18.2 Å². The minimum Gasteiger partial charge on any atom is -0.422 e. The van der Waals surface area contributed by atoms with Crippen molar-refractivity contribution in [3.05, 3.63) is 79.6 Å². The number of hydrogen-bond donors (Lipinski definition) is 2. The van der Waals surface area contributed by atoms with Crippen molar-refractivity contribution in [3.63, 3.8) is 0 Å². The van der Waals surface area contributed by atoms with E-state index in [0.29, 0.717) is 16.5 Å². The van der Waals surface area contributed by atoms with Crippen LogP contribution < -0.4 is 16.5 Å². The zero-order valence-electron chi connectivity index (χ0n) is 13.3. The highest BCUT2D eigenvalue weighted by atomic mass is 16.4. The Balaban J connectivity index is 1.87. The summed E-state index contributed by atoms with van der Waals surface area (Å²) in [5.41, 5.74) is 1.36. The summed E-state index contributed by atoms with van der Waals surface area (Å²) in [5.74, 6) is -0.575. The molecule has 3 aromatic rings. The molecule has 0 fully saturated rings. The first-order valence-electron chi connectivity index (χ1n) is 7.46. The number of H-pyrrole nitrogens is 1. The van der Waals surface area contributed by atoms with Gasteiger partial charge in [0.2, 0.25) is 0 Å². The maximum absolute atomic E-state index is 12.3. The molecule has 2 aromatic heterocycles. The number of fused-ring (bicyclic) bond motifs is 1. The summed E-state index contributed by atoms with van der Waals surface area (Å²) in [4.78, 5) is 38.9. The molecule has 0 bridgehead atoms. The number of benzene rings is 1. The number of pyridine rings is 1. The Labute approximate surface area is 137 Å². The molecule has 0 atom stereocenters. The summed E-state index contributed by atoms with van der Waals surface area (Å²) in [5, 5.41) is 3.26. The molecular formula is C18H16N2O4. The molecule has 0 aliphatic rings. The first kappa shape index (κ1) is 15.7. The lowest BCUT2D eigenvalue weighted by Gasteiger charge is -2.08. The lowest BCUT2D eigenvalue weighted by Crippen LogP contribution is -2.30. The molecule has 2 heterocycles. The topological polar surface area (TPSA) is 92.2 Å². The van der Waals surface area contributed by atoms with Gasteiger partial charge >= 0.3 is 5.63 Å². The average molecular weight is 324 g/mol. The van der Waals surface area contributed by atoms with Gasteiger partial charge in [-0.05, 0) is 37.6 Å². The van der Waals surface area contributed by atoms with Gasteiger partial charge in [-0.3, -0.25) is 9.59 Å². The number of aromatic nitrogens is 1. The van der Waals surface area contributed by atoms with E-state index in [4.69, 9.17) is 4.42 Å². The average Bonchev–Trinajstić information content (AvgIpc) is 2.53. The number of hydrogen-bond acceptors (Lipinski definition) is 4. The fraction of sp³-hybridized carbons (Fsp3) is 0.167. The van der Waals surface area contributed by atoms with Gasteiger partial charge in [-0.15, -0.1) is 0 Å². The summed E-state index contributed by atoms with van der Waals surface area (Å²) in [6.45, 7) is 3.62. The third-order valence-electron chi connectivity index (χ3n) is 3.81. The Kier molecular flexibility index (Phi) is 4.04. The van der Waals surface area contributed by atoms with Crippen LogP contribution in [-0.4, -0.2) is 10.9 Å². The summed E-state index contributed by atoms with van der Waals surface area (Å²) < 4.78 is 5.14. The molecule has 3 rings (SSSR count). The lowest BCUT2D eigenvalue weighted by molar-refractivity contribution is 0.0947. The van der Waals surface area contributed by atoms with Gasteiger partial charge in [0.15, 0.2) is 0 Å². The van der Waals surface area contributed by atoms with Crippen LogP contribution in [0.1, 0.15) is 27.2 Å². The first-order chi connectivity index (χ1) is 11.5. The minimum absolute atomic E-state index is 0.0343. The standard InChI is InChI=1S/C18H16N2O4/c1-10-7-11(2)20-17(22)14(10)9-19-16(21)13-8-12-5-3-4-6-15(12)24-18(13)23/h3-8H,9H2,1-2H3,(H,19,21)(H,20,22). The summed E-state index contributed by atoms with van der Waals surface area (Å²) in [6, 6.07) is 10.3. The van der Waals surface area contributed by atoms with Crippen molar-refractivity contribution in [1.29, 1.82) is 0 Å². The van der Waals surface area contributed by atoms with E-state index in [2.05, 4.69) is 10.3 Å². The molecule has 6 nitrogen and oxygen atoms in total. The van der Waals surface area contributed by atoms with Gasteiger partial charge in [0.25, 0.3) is 11.5 Å².